The molecule has 0 radical (unpaired) electrons. The third kappa shape index (κ3) is 6.21. The molecule has 0 heterocycles. The van der Waals surface area contributed by atoms with Crippen LogP contribution in [0.5, 0.6) is 0 Å². The molecule has 2 aromatic rings. The van der Waals surface area contributed by atoms with E-state index in [-0.39, 0.29) is 24.8 Å². The highest BCUT2D eigenvalue weighted by Gasteiger charge is 2.08. The highest BCUT2D eigenvalue weighted by Crippen LogP contribution is 2.22. The molecular formula is C18H17Cl2N3O2. The fraction of sp³-hybridized carbons (Fsp3) is 0.167. The van der Waals surface area contributed by atoms with Gasteiger partial charge in [0.15, 0.2) is 0 Å². The van der Waals surface area contributed by atoms with E-state index in [4.69, 9.17) is 23.2 Å². The van der Waals surface area contributed by atoms with Gasteiger partial charge in [-0.05, 0) is 30.7 Å². The first-order valence-corrected chi connectivity index (χ1v) is 8.33. The minimum atomic E-state index is -0.325. The molecule has 0 saturated carbocycles. The number of hydrazone groups is 1. The minimum Gasteiger partial charge on any atom is -0.352 e. The number of hydrogen-bond donors (Lipinski definition) is 2. The van der Waals surface area contributed by atoms with Crippen LogP contribution in [-0.2, 0) is 4.79 Å². The van der Waals surface area contributed by atoms with Gasteiger partial charge < -0.3 is 5.32 Å². The number of nitrogens with zero attached hydrogens (tertiary/aromatic N) is 1. The standard InChI is InChI=1S/C18H17Cl2N3O2/c1-12-2-4-13(5-3-12)11-22-23-17(24)8-9-21-18(25)14-6-7-15(19)16(20)10-14/h2-7,10-11H,8-9H2,1H3,(H,21,25)(H,23,24). The molecule has 2 rings (SSSR count). The quantitative estimate of drug-likeness (QED) is 0.596. The smallest absolute Gasteiger partial charge is 0.251 e. The van der Waals surface area contributed by atoms with Crippen molar-refractivity contribution in [3.05, 3.63) is 69.2 Å². The Morgan fingerprint density at radius 2 is 1.80 bits per heavy atom. The molecule has 0 aromatic heterocycles. The molecule has 0 aliphatic carbocycles. The third-order valence-corrected chi connectivity index (χ3v) is 4.04. The predicted octanol–water partition coefficient (Wildman–Crippen LogP) is 3.57. The maximum absolute atomic E-state index is 11.9. The fourth-order valence-electron chi connectivity index (χ4n) is 1.92. The molecule has 0 unspecified atom stereocenters. The van der Waals surface area contributed by atoms with E-state index in [0.717, 1.165) is 11.1 Å². The molecule has 0 aliphatic heterocycles. The first-order valence-electron chi connectivity index (χ1n) is 7.57. The summed E-state index contributed by atoms with van der Waals surface area (Å²) < 4.78 is 0. The zero-order valence-electron chi connectivity index (χ0n) is 13.6. The Labute approximate surface area is 156 Å². The van der Waals surface area contributed by atoms with E-state index >= 15 is 0 Å². The number of halogens is 2. The zero-order valence-corrected chi connectivity index (χ0v) is 15.1. The van der Waals surface area contributed by atoms with Crippen LogP contribution in [0.4, 0.5) is 0 Å². The van der Waals surface area contributed by atoms with Crippen LogP contribution in [0.3, 0.4) is 0 Å². The summed E-state index contributed by atoms with van der Waals surface area (Å²) in [5.74, 6) is -0.618. The second-order valence-electron chi connectivity index (χ2n) is 5.34. The van der Waals surface area contributed by atoms with Crippen molar-refractivity contribution in [1.82, 2.24) is 10.7 Å². The maximum atomic E-state index is 11.9. The van der Waals surface area contributed by atoms with Gasteiger partial charge in [-0.2, -0.15) is 5.10 Å². The van der Waals surface area contributed by atoms with E-state index in [1.807, 2.05) is 31.2 Å². The first kappa shape index (κ1) is 19.0. The summed E-state index contributed by atoms with van der Waals surface area (Å²) in [5, 5.41) is 7.20. The summed E-state index contributed by atoms with van der Waals surface area (Å²) in [5.41, 5.74) is 4.84. The van der Waals surface area contributed by atoms with Gasteiger partial charge in [0, 0.05) is 18.5 Å². The van der Waals surface area contributed by atoms with Crippen molar-refractivity contribution in [1.29, 1.82) is 0 Å². The van der Waals surface area contributed by atoms with Gasteiger partial charge in [-0.15, -0.1) is 0 Å². The summed E-state index contributed by atoms with van der Waals surface area (Å²) in [7, 11) is 0. The van der Waals surface area contributed by atoms with Crippen LogP contribution in [0.2, 0.25) is 10.0 Å². The number of hydrogen-bond acceptors (Lipinski definition) is 3. The monoisotopic (exact) mass is 377 g/mol. The molecule has 0 saturated heterocycles. The number of rotatable bonds is 6. The molecule has 0 aliphatic rings. The van der Waals surface area contributed by atoms with Crippen LogP contribution >= 0.6 is 23.2 Å². The Morgan fingerprint density at radius 3 is 2.48 bits per heavy atom. The third-order valence-electron chi connectivity index (χ3n) is 3.30. The summed E-state index contributed by atoms with van der Waals surface area (Å²) in [4.78, 5) is 23.6. The largest absolute Gasteiger partial charge is 0.352 e. The van der Waals surface area contributed by atoms with Gasteiger partial charge in [0.05, 0.1) is 16.3 Å². The van der Waals surface area contributed by atoms with E-state index < -0.39 is 0 Å². The normalized spacial score (nSPS) is 10.7. The van der Waals surface area contributed by atoms with E-state index in [0.29, 0.717) is 15.6 Å². The van der Waals surface area contributed by atoms with Gasteiger partial charge in [-0.25, -0.2) is 5.43 Å². The van der Waals surface area contributed by atoms with E-state index in [9.17, 15) is 9.59 Å². The summed E-state index contributed by atoms with van der Waals surface area (Å²) in [6.45, 7) is 2.18. The number of amides is 2. The SMILES string of the molecule is Cc1ccc(C=NNC(=O)CCNC(=O)c2ccc(Cl)c(Cl)c2)cc1. The van der Waals surface area contributed by atoms with Gasteiger partial charge in [0.1, 0.15) is 0 Å². The molecule has 0 atom stereocenters. The summed E-state index contributed by atoms with van der Waals surface area (Å²) >= 11 is 11.7. The molecule has 130 valence electrons. The van der Waals surface area contributed by atoms with E-state index in [1.165, 1.54) is 6.07 Å². The van der Waals surface area contributed by atoms with Crippen LogP contribution in [0.25, 0.3) is 0 Å². The molecule has 2 amide bonds. The predicted molar refractivity (Wildman–Crippen MR) is 100 cm³/mol. The topological polar surface area (TPSA) is 70.6 Å². The Morgan fingerprint density at radius 1 is 1.08 bits per heavy atom. The summed E-state index contributed by atoms with van der Waals surface area (Å²) in [6, 6.07) is 12.3. The van der Waals surface area contributed by atoms with Crippen molar-refractivity contribution in [3.8, 4) is 0 Å². The van der Waals surface area contributed by atoms with Crippen LogP contribution < -0.4 is 10.7 Å². The Kier molecular flexibility index (Phi) is 6.98. The van der Waals surface area contributed by atoms with Gasteiger partial charge >= 0.3 is 0 Å². The average molecular weight is 378 g/mol. The van der Waals surface area contributed by atoms with Crippen LogP contribution in [-0.4, -0.2) is 24.6 Å². The van der Waals surface area contributed by atoms with Crippen LogP contribution in [0, 0.1) is 6.92 Å². The lowest BCUT2D eigenvalue weighted by Crippen LogP contribution is -2.29. The first-order chi connectivity index (χ1) is 12.0. The molecule has 2 aromatic carbocycles. The van der Waals surface area contributed by atoms with Gasteiger partial charge in [0.25, 0.3) is 5.91 Å². The molecule has 5 nitrogen and oxygen atoms in total. The Hall–Kier alpha value is -2.37. The molecule has 0 bridgehead atoms. The molecule has 2 N–H and O–H groups in total. The van der Waals surface area contributed by atoms with Gasteiger partial charge in [-0.1, -0.05) is 53.0 Å². The number of aryl methyl sites for hydroxylation is 1. The number of carbonyl (C=O) groups excluding carboxylic acids is 2. The van der Waals surface area contributed by atoms with Crippen LogP contribution in [0.15, 0.2) is 47.6 Å². The summed E-state index contributed by atoms with van der Waals surface area (Å²) in [6.07, 6.45) is 1.67. The molecule has 7 heteroatoms. The number of benzene rings is 2. The van der Waals surface area contributed by atoms with Crippen molar-refractivity contribution in [3.63, 3.8) is 0 Å². The Bertz CT molecular complexity index is 789. The lowest BCUT2D eigenvalue weighted by atomic mass is 10.2. The molecule has 0 spiro atoms. The van der Waals surface area contributed by atoms with E-state index in [2.05, 4.69) is 15.8 Å². The van der Waals surface area contributed by atoms with Gasteiger partial charge in [-0.3, -0.25) is 9.59 Å². The van der Waals surface area contributed by atoms with Crippen molar-refractivity contribution in [2.45, 2.75) is 13.3 Å². The average Bonchev–Trinajstić information content (AvgIpc) is 2.59. The van der Waals surface area contributed by atoms with Crippen molar-refractivity contribution in [2.24, 2.45) is 5.10 Å². The highest BCUT2D eigenvalue weighted by molar-refractivity contribution is 6.42. The lowest BCUT2D eigenvalue weighted by molar-refractivity contribution is -0.120. The van der Waals surface area contributed by atoms with Crippen molar-refractivity contribution >= 4 is 41.2 Å². The second kappa shape index (κ2) is 9.20. The van der Waals surface area contributed by atoms with Crippen molar-refractivity contribution < 1.29 is 9.59 Å². The molecular weight excluding hydrogens is 361 g/mol. The Balaban J connectivity index is 1.73. The van der Waals surface area contributed by atoms with E-state index in [1.54, 1.807) is 18.3 Å². The highest BCUT2D eigenvalue weighted by atomic mass is 35.5. The molecule has 25 heavy (non-hydrogen) atoms. The van der Waals surface area contributed by atoms with Crippen molar-refractivity contribution in [2.75, 3.05) is 6.54 Å². The van der Waals surface area contributed by atoms with Crippen LogP contribution in [0.1, 0.15) is 27.9 Å². The fourth-order valence-corrected chi connectivity index (χ4v) is 2.21. The zero-order chi connectivity index (χ0) is 18.2. The maximum Gasteiger partial charge on any atom is 0.251 e. The van der Waals surface area contributed by atoms with Gasteiger partial charge in [0.2, 0.25) is 5.91 Å². The molecule has 0 fully saturated rings. The minimum absolute atomic E-state index is 0.109. The lowest BCUT2D eigenvalue weighted by Gasteiger charge is -2.05. The second-order valence-corrected chi connectivity index (χ2v) is 6.15. The number of carbonyl (C=O) groups is 2. The number of nitrogens with one attached hydrogen (secondary N) is 2.